The fourth-order valence-electron chi connectivity index (χ4n) is 3.86. The highest BCUT2D eigenvalue weighted by Gasteiger charge is 2.30. The topological polar surface area (TPSA) is 32.3 Å². The highest BCUT2D eigenvalue weighted by atomic mass is 35.5. The molecule has 0 saturated carbocycles. The molecule has 4 rings (SSSR count). The lowest BCUT2D eigenvalue weighted by Gasteiger charge is -2.34. The standard InChI is InChI=1S/C18H22N2OS.ClH/c21-18(17-12-14-4-1-2-6-16(14)22-17)20-10-7-13(8-11-20)15-5-3-9-19-15;/h1-2,4,6,12-13,15,19H,3,5,7-11H2;1H. The van der Waals surface area contributed by atoms with Crippen LogP contribution in [-0.2, 0) is 0 Å². The molecule has 1 N–H and O–H groups in total. The lowest BCUT2D eigenvalue weighted by atomic mass is 9.88. The molecule has 0 spiro atoms. The van der Waals surface area contributed by atoms with Gasteiger partial charge in [0.05, 0.1) is 4.88 Å². The molecule has 2 aromatic rings. The highest BCUT2D eigenvalue weighted by molar-refractivity contribution is 7.20. The van der Waals surface area contributed by atoms with Gasteiger partial charge in [0.1, 0.15) is 0 Å². The van der Waals surface area contributed by atoms with Crippen LogP contribution in [0.2, 0.25) is 0 Å². The fourth-order valence-corrected chi connectivity index (χ4v) is 4.89. The van der Waals surface area contributed by atoms with Crippen molar-refractivity contribution in [2.75, 3.05) is 19.6 Å². The molecular weight excluding hydrogens is 328 g/mol. The number of likely N-dealkylation sites (tertiary alicyclic amines) is 1. The maximum absolute atomic E-state index is 12.7. The number of piperidine rings is 1. The number of hydrogen-bond acceptors (Lipinski definition) is 3. The highest BCUT2D eigenvalue weighted by Crippen LogP contribution is 2.29. The number of benzene rings is 1. The van der Waals surface area contributed by atoms with E-state index in [0.717, 1.165) is 36.7 Å². The van der Waals surface area contributed by atoms with E-state index in [0.29, 0.717) is 6.04 Å². The van der Waals surface area contributed by atoms with Crippen LogP contribution in [0.1, 0.15) is 35.4 Å². The van der Waals surface area contributed by atoms with Gasteiger partial charge in [-0.3, -0.25) is 4.79 Å². The van der Waals surface area contributed by atoms with E-state index in [2.05, 4.69) is 22.3 Å². The van der Waals surface area contributed by atoms with Gasteiger partial charge in [-0.05, 0) is 55.7 Å². The Morgan fingerprint density at radius 1 is 1.17 bits per heavy atom. The van der Waals surface area contributed by atoms with Crippen LogP contribution in [0.25, 0.3) is 10.1 Å². The van der Waals surface area contributed by atoms with Crippen molar-refractivity contribution in [1.82, 2.24) is 10.2 Å². The molecular formula is C18H23ClN2OS. The van der Waals surface area contributed by atoms with E-state index >= 15 is 0 Å². The molecule has 0 bridgehead atoms. The summed E-state index contributed by atoms with van der Waals surface area (Å²) in [5, 5.41) is 4.80. The average molecular weight is 351 g/mol. The predicted molar refractivity (Wildman–Crippen MR) is 98.7 cm³/mol. The first-order valence-electron chi connectivity index (χ1n) is 8.32. The van der Waals surface area contributed by atoms with Crippen LogP contribution in [0.4, 0.5) is 0 Å². The third kappa shape index (κ3) is 3.39. The van der Waals surface area contributed by atoms with Crippen molar-refractivity contribution >= 4 is 39.7 Å². The van der Waals surface area contributed by atoms with Gasteiger partial charge in [-0.25, -0.2) is 0 Å². The van der Waals surface area contributed by atoms with Crippen molar-refractivity contribution in [3.63, 3.8) is 0 Å². The third-order valence-electron chi connectivity index (χ3n) is 5.13. The molecule has 2 aliphatic rings. The van der Waals surface area contributed by atoms with Crippen molar-refractivity contribution in [3.8, 4) is 0 Å². The first kappa shape index (κ1) is 16.7. The predicted octanol–water partition coefficient (Wildman–Crippen LogP) is 3.93. The van der Waals surface area contributed by atoms with Crippen molar-refractivity contribution < 1.29 is 4.79 Å². The maximum atomic E-state index is 12.7. The summed E-state index contributed by atoms with van der Waals surface area (Å²) in [7, 11) is 0. The van der Waals surface area contributed by atoms with Crippen LogP contribution in [0.15, 0.2) is 30.3 Å². The van der Waals surface area contributed by atoms with Crippen molar-refractivity contribution in [1.29, 1.82) is 0 Å². The van der Waals surface area contributed by atoms with Gasteiger partial charge in [0.2, 0.25) is 0 Å². The van der Waals surface area contributed by atoms with E-state index < -0.39 is 0 Å². The number of amides is 1. The Hall–Kier alpha value is -1.10. The molecule has 2 saturated heterocycles. The van der Waals surface area contributed by atoms with Crippen LogP contribution >= 0.6 is 23.7 Å². The number of halogens is 1. The zero-order chi connectivity index (χ0) is 14.9. The average Bonchev–Trinajstić information content (AvgIpc) is 3.23. The molecule has 0 aliphatic carbocycles. The third-order valence-corrected chi connectivity index (χ3v) is 6.23. The molecule has 1 aromatic carbocycles. The molecule has 3 heterocycles. The van der Waals surface area contributed by atoms with Crippen LogP contribution in [0, 0.1) is 5.92 Å². The van der Waals surface area contributed by atoms with Crippen LogP contribution in [0.5, 0.6) is 0 Å². The zero-order valence-electron chi connectivity index (χ0n) is 13.2. The summed E-state index contributed by atoms with van der Waals surface area (Å²) < 4.78 is 1.20. The fraction of sp³-hybridized carbons (Fsp3) is 0.500. The second-order valence-electron chi connectivity index (χ2n) is 6.48. The van der Waals surface area contributed by atoms with Gasteiger partial charge in [-0.2, -0.15) is 0 Å². The minimum Gasteiger partial charge on any atom is -0.338 e. The molecule has 1 unspecified atom stereocenters. The number of thiophene rings is 1. The largest absolute Gasteiger partial charge is 0.338 e. The Bertz CT molecular complexity index is 639. The van der Waals surface area contributed by atoms with Crippen molar-refractivity contribution in [2.45, 2.75) is 31.7 Å². The molecule has 124 valence electrons. The van der Waals surface area contributed by atoms with Gasteiger partial charge >= 0.3 is 0 Å². The Morgan fingerprint density at radius 3 is 2.65 bits per heavy atom. The van der Waals surface area contributed by atoms with Gasteiger partial charge < -0.3 is 10.2 Å². The second-order valence-corrected chi connectivity index (χ2v) is 7.56. The molecule has 3 nitrogen and oxygen atoms in total. The summed E-state index contributed by atoms with van der Waals surface area (Å²) in [4.78, 5) is 15.7. The molecule has 0 radical (unpaired) electrons. The SMILES string of the molecule is Cl.O=C(c1cc2ccccc2s1)N1CCC(C2CCCN2)CC1. The zero-order valence-corrected chi connectivity index (χ0v) is 14.8. The number of carbonyl (C=O) groups excluding carboxylic acids is 1. The maximum Gasteiger partial charge on any atom is 0.263 e. The van der Waals surface area contributed by atoms with Crippen LogP contribution in [0.3, 0.4) is 0 Å². The van der Waals surface area contributed by atoms with E-state index in [1.807, 2.05) is 18.2 Å². The summed E-state index contributed by atoms with van der Waals surface area (Å²) in [6.45, 7) is 3.00. The van der Waals surface area contributed by atoms with Gasteiger partial charge in [-0.15, -0.1) is 23.7 Å². The molecule has 1 aromatic heterocycles. The normalized spacial score (nSPS) is 22.3. The number of hydrogen-bond donors (Lipinski definition) is 1. The molecule has 1 atom stereocenters. The minimum atomic E-state index is 0. The molecule has 1 amide bonds. The van der Waals surface area contributed by atoms with Gasteiger partial charge in [-0.1, -0.05) is 18.2 Å². The first-order chi connectivity index (χ1) is 10.8. The molecule has 2 fully saturated rings. The minimum absolute atomic E-state index is 0. The molecule has 23 heavy (non-hydrogen) atoms. The Kier molecular flexibility index (Phi) is 5.24. The second kappa shape index (κ2) is 7.20. The summed E-state index contributed by atoms with van der Waals surface area (Å²) in [5.41, 5.74) is 0. The van der Waals surface area contributed by atoms with E-state index in [9.17, 15) is 4.79 Å². The van der Waals surface area contributed by atoms with Gasteiger partial charge in [0.25, 0.3) is 5.91 Å². The van der Waals surface area contributed by atoms with Crippen molar-refractivity contribution in [2.24, 2.45) is 5.92 Å². The summed E-state index contributed by atoms with van der Waals surface area (Å²) in [6, 6.07) is 11.0. The van der Waals surface area contributed by atoms with Crippen LogP contribution in [-0.4, -0.2) is 36.5 Å². The quantitative estimate of drug-likeness (QED) is 0.890. The number of carbonyl (C=O) groups is 1. The van der Waals surface area contributed by atoms with Gasteiger partial charge in [0, 0.05) is 23.8 Å². The monoisotopic (exact) mass is 350 g/mol. The lowest BCUT2D eigenvalue weighted by Crippen LogP contribution is -2.43. The van der Waals surface area contributed by atoms with Gasteiger partial charge in [0.15, 0.2) is 0 Å². The summed E-state index contributed by atoms with van der Waals surface area (Å²) in [5.74, 6) is 0.980. The number of nitrogens with zero attached hydrogens (tertiary/aromatic N) is 1. The van der Waals surface area contributed by atoms with Crippen LogP contribution < -0.4 is 5.32 Å². The summed E-state index contributed by atoms with van der Waals surface area (Å²) in [6.07, 6.45) is 4.92. The summed E-state index contributed by atoms with van der Waals surface area (Å²) >= 11 is 1.62. The molecule has 5 heteroatoms. The Morgan fingerprint density at radius 2 is 1.96 bits per heavy atom. The van der Waals surface area contributed by atoms with E-state index in [1.54, 1.807) is 11.3 Å². The first-order valence-corrected chi connectivity index (χ1v) is 9.14. The Balaban J connectivity index is 0.00000156. The number of fused-ring (bicyclic) bond motifs is 1. The van der Waals surface area contributed by atoms with Crippen molar-refractivity contribution in [3.05, 3.63) is 35.2 Å². The molecule has 2 aliphatic heterocycles. The smallest absolute Gasteiger partial charge is 0.263 e. The number of rotatable bonds is 2. The van der Waals surface area contributed by atoms with E-state index in [1.165, 1.54) is 29.5 Å². The van der Waals surface area contributed by atoms with E-state index in [4.69, 9.17) is 0 Å². The van der Waals surface area contributed by atoms with E-state index in [-0.39, 0.29) is 18.3 Å². The number of nitrogens with one attached hydrogen (secondary N) is 1. The Labute approximate surface area is 147 Å². The lowest BCUT2D eigenvalue weighted by molar-refractivity contribution is 0.0679.